The third-order valence-electron chi connectivity index (χ3n) is 5.81. The number of furan rings is 1. The molecule has 1 N–H and O–H groups in total. The van der Waals surface area contributed by atoms with E-state index in [2.05, 4.69) is 28.9 Å². The van der Waals surface area contributed by atoms with E-state index in [4.69, 9.17) is 9.15 Å². The molecule has 0 aromatic carbocycles. The normalized spacial score (nSPS) is 21.0. The first-order valence-electron chi connectivity index (χ1n) is 9.89. The van der Waals surface area contributed by atoms with Gasteiger partial charge in [-0.2, -0.15) is 5.10 Å². The second-order valence-corrected chi connectivity index (χ2v) is 7.83. The van der Waals surface area contributed by atoms with Gasteiger partial charge in [0.2, 0.25) is 0 Å². The Morgan fingerprint density at radius 2 is 2.11 bits per heavy atom. The van der Waals surface area contributed by atoms with Crippen LogP contribution in [-0.2, 0) is 11.3 Å². The highest BCUT2D eigenvalue weighted by Crippen LogP contribution is 2.35. The van der Waals surface area contributed by atoms with Crippen molar-refractivity contribution in [1.29, 1.82) is 0 Å². The summed E-state index contributed by atoms with van der Waals surface area (Å²) in [4.78, 5) is 16.6. The molecular formula is C20H28N4O3. The highest BCUT2D eigenvalue weighted by Gasteiger charge is 2.48. The molecule has 2 aliphatic rings. The van der Waals surface area contributed by atoms with Gasteiger partial charge in [0.1, 0.15) is 17.1 Å². The van der Waals surface area contributed by atoms with E-state index in [9.17, 15) is 4.79 Å². The summed E-state index contributed by atoms with van der Waals surface area (Å²) in [5, 5.41) is 6.88. The van der Waals surface area contributed by atoms with E-state index >= 15 is 0 Å². The molecule has 1 atom stereocenters. The van der Waals surface area contributed by atoms with Gasteiger partial charge in [-0.1, -0.05) is 13.3 Å². The van der Waals surface area contributed by atoms with E-state index in [0.29, 0.717) is 0 Å². The molecule has 27 heavy (non-hydrogen) atoms. The molecular weight excluding hydrogens is 344 g/mol. The highest BCUT2D eigenvalue weighted by molar-refractivity contribution is 5.71. The van der Waals surface area contributed by atoms with Crippen molar-refractivity contribution in [2.24, 2.45) is 0 Å². The van der Waals surface area contributed by atoms with E-state index in [1.54, 1.807) is 6.20 Å². The third kappa shape index (κ3) is 3.74. The summed E-state index contributed by atoms with van der Waals surface area (Å²) < 4.78 is 11.8. The zero-order chi connectivity index (χ0) is 18.9. The second-order valence-electron chi connectivity index (χ2n) is 7.83. The molecule has 2 fully saturated rings. The van der Waals surface area contributed by atoms with E-state index in [1.807, 2.05) is 23.1 Å². The molecule has 0 aliphatic carbocycles. The van der Waals surface area contributed by atoms with Crippen molar-refractivity contribution in [2.75, 3.05) is 19.6 Å². The van der Waals surface area contributed by atoms with Gasteiger partial charge in [0.25, 0.3) is 0 Å². The molecule has 4 rings (SSSR count). The topological polar surface area (TPSA) is 74.6 Å². The van der Waals surface area contributed by atoms with Crippen LogP contribution < -0.4 is 0 Å². The molecule has 0 bridgehead atoms. The Balaban J connectivity index is 1.32. The van der Waals surface area contributed by atoms with Crippen LogP contribution in [0.1, 0.15) is 45.3 Å². The largest absolute Gasteiger partial charge is 0.458 e. The summed E-state index contributed by atoms with van der Waals surface area (Å²) in [7, 11) is 0. The predicted octanol–water partition coefficient (Wildman–Crippen LogP) is 3.65. The van der Waals surface area contributed by atoms with E-state index in [0.717, 1.165) is 69.1 Å². The minimum atomic E-state index is -0.306. The van der Waals surface area contributed by atoms with Crippen molar-refractivity contribution in [3.05, 3.63) is 30.2 Å². The fourth-order valence-electron chi connectivity index (χ4n) is 4.16. The predicted molar refractivity (Wildman–Crippen MR) is 101 cm³/mol. The molecule has 7 nitrogen and oxygen atoms in total. The van der Waals surface area contributed by atoms with Gasteiger partial charge < -0.3 is 14.1 Å². The number of likely N-dealkylation sites (tertiary alicyclic amines) is 1. The lowest BCUT2D eigenvalue weighted by molar-refractivity contribution is -0.00265. The first kappa shape index (κ1) is 18.1. The van der Waals surface area contributed by atoms with Crippen LogP contribution in [0.15, 0.2) is 28.8 Å². The lowest BCUT2D eigenvalue weighted by Crippen LogP contribution is -2.47. The van der Waals surface area contributed by atoms with Gasteiger partial charge in [-0.15, -0.1) is 0 Å². The third-order valence-corrected chi connectivity index (χ3v) is 5.81. The molecule has 0 saturated carbocycles. The summed E-state index contributed by atoms with van der Waals surface area (Å²) >= 11 is 0. The Labute approximate surface area is 159 Å². The number of rotatable bonds is 6. The number of hydrogen-bond acceptors (Lipinski definition) is 5. The highest BCUT2D eigenvalue weighted by atomic mass is 16.6. The van der Waals surface area contributed by atoms with Crippen LogP contribution in [0.3, 0.4) is 0 Å². The fraction of sp³-hybridized carbons (Fsp3) is 0.600. The molecule has 2 saturated heterocycles. The Morgan fingerprint density at radius 1 is 1.30 bits per heavy atom. The zero-order valence-corrected chi connectivity index (χ0v) is 16.1. The maximum absolute atomic E-state index is 12.3. The number of carbonyl (C=O) groups excluding carboxylic acids is 1. The summed E-state index contributed by atoms with van der Waals surface area (Å²) in [5.74, 6) is 1.75. The summed E-state index contributed by atoms with van der Waals surface area (Å²) in [5.41, 5.74) is 0.581. The molecule has 2 aromatic heterocycles. The lowest BCUT2D eigenvalue weighted by Gasteiger charge is -2.37. The molecule has 146 valence electrons. The van der Waals surface area contributed by atoms with Crippen LogP contribution in [0.25, 0.3) is 11.5 Å². The smallest absolute Gasteiger partial charge is 0.410 e. The van der Waals surface area contributed by atoms with E-state index in [1.165, 1.54) is 0 Å². The SMILES string of the molecule is CCC[C@@H](C)N1CC2(CCN(Cc3ccc(-c4ccn[nH]4)o3)CC2)OC1=O. The number of ether oxygens (including phenoxy) is 1. The summed E-state index contributed by atoms with van der Waals surface area (Å²) in [6.45, 7) is 7.58. The van der Waals surface area contributed by atoms with Crippen molar-refractivity contribution < 1.29 is 13.9 Å². The number of H-pyrrole nitrogens is 1. The molecule has 2 aliphatic heterocycles. The van der Waals surface area contributed by atoms with Crippen molar-refractivity contribution in [1.82, 2.24) is 20.0 Å². The Kier molecular flexibility index (Phi) is 4.95. The van der Waals surface area contributed by atoms with Gasteiger partial charge in [0, 0.05) is 38.2 Å². The number of nitrogens with one attached hydrogen (secondary N) is 1. The van der Waals surface area contributed by atoms with Crippen LogP contribution in [0, 0.1) is 0 Å². The average molecular weight is 372 g/mol. The van der Waals surface area contributed by atoms with Gasteiger partial charge >= 0.3 is 6.09 Å². The molecule has 1 amide bonds. The molecule has 2 aromatic rings. The van der Waals surface area contributed by atoms with Gasteiger partial charge in [0.15, 0.2) is 5.76 Å². The van der Waals surface area contributed by atoms with Crippen LogP contribution in [0.2, 0.25) is 0 Å². The van der Waals surface area contributed by atoms with Gasteiger partial charge in [-0.3, -0.25) is 10.00 Å². The van der Waals surface area contributed by atoms with Crippen LogP contribution in [0.4, 0.5) is 4.79 Å². The van der Waals surface area contributed by atoms with Crippen molar-refractivity contribution in [2.45, 2.75) is 57.7 Å². The van der Waals surface area contributed by atoms with Crippen molar-refractivity contribution in [3.63, 3.8) is 0 Å². The van der Waals surface area contributed by atoms with Gasteiger partial charge in [-0.25, -0.2) is 4.79 Å². The van der Waals surface area contributed by atoms with Crippen molar-refractivity contribution >= 4 is 6.09 Å². The van der Waals surface area contributed by atoms with Crippen molar-refractivity contribution in [3.8, 4) is 11.5 Å². The number of nitrogens with zero attached hydrogens (tertiary/aromatic N) is 3. The molecule has 0 unspecified atom stereocenters. The minimum Gasteiger partial charge on any atom is -0.458 e. The fourth-order valence-corrected chi connectivity index (χ4v) is 4.16. The number of aromatic nitrogens is 2. The van der Waals surface area contributed by atoms with Crippen LogP contribution in [-0.4, -0.2) is 57.4 Å². The molecule has 7 heteroatoms. The van der Waals surface area contributed by atoms with E-state index < -0.39 is 0 Å². The maximum Gasteiger partial charge on any atom is 0.410 e. The molecule has 1 spiro atoms. The second kappa shape index (κ2) is 7.38. The summed E-state index contributed by atoms with van der Waals surface area (Å²) in [6.07, 6.45) is 5.43. The Hall–Kier alpha value is -2.28. The van der Waals surface area contributed by atoms with E-state index in [-0.39, 0.29) is 17.7 Å². The average Bonchev–Trinajstić information content (AvgIpc) is 3.38. The molecule has 0 radical (unpaired) electrons. The quantitative estimate of drug-likeness (QED) is 0.838. The summed E-state index contributed by atoms with van der Waals surface area (Å²) in [6, 6.07) is 6.14. The van der Waals surface area contributed by atoms with Crippen LogP contribution >= 0.6 is 0 Å². The zero-order valence-electron chi connectivity index (χ0n) is 16.1. The number of piperidine rings is 1. The van der Waals surface area contributed by atoms with Gasteiger partial charge in [0.05, 0.1) is 13.1 Å². The maximum atomic E-state index is 12.3. The lowest BCUT2D eigenvalue weighted by atomic mass is 9.91. The van der Waals surface area contributed by atoms with Gasteiger partial charge in [-0.05, 0) is 31.5 Å². The standard InChI is InChI=1S/C20H28N4O3/c1-3-4-15(2)24-14-20(27-19(24)25)8-11-23(12-9-20)13-16-5-6-18(26-16)17-7-10-21-22-17/h5-7,10,15H,3-4,8-9,11-14H2,1-2H3,(H,21,22)/t15-/m1/s1. The first-order valence-corrected chi connectivity index (χ1v) is 9.89. The minimum absolute atomic E-state index is 0.139. The number of carbonyl (C=O) groups is 1. The number of aromatic amines is 1. The number of amides is 1. The van der Waals surface area contributed by atoms with Crippen LogP contribution in [0.5, 0.6) is 0 Å². The molecule has 4 heterocycles. The Morgan fingerprint density at radius 3 is 2.81 bits per heavy atom. The first-order chi connectivity index (χ1) is 13.1. The number of hydrogen-bond donors (Lipinski definition) is 1. The monoisotopic (exact) mass is 372 g/mol. The Bertz CT molecular complexity index is 762.